The average molecular weight is 518 g/mol. The Labute approximate surface area is 227 Å². The Morgan fingerprint density at radius 1 is 0.846 bits per heavy atom. The molecule has 3 aromatic carbocycles. The lowest BCUT2D eigenvalue weighted by molar-refractivity contribution is 0.235. The summed E-state index contributed by atoms with van der Waals surface area (Å²) in [5.74, 6) is 1.65. The number of allylic oxidation sites excluding steroid dienone is 1. The molecular formula is C32H31N5O2. The molecule has 39 heavy (non-hydrogen) atoms. The van der Waals surface area contributed by atoms with E-state index in [4.69, 9.17) is 14.7 Å². The van der Waals surface area contributed by atoms with Crippen molar-refractivity contribution in [3.05, 3.63) is 126 Å². The maximum absolute atomic E-state index is 9.53. The second-order valence-electron chi connectivity index (χ2n) is 9.85. The zero-order chi connectivity index (χ0) is 26.7. The Balaban J connectivity index is 1.52. The van der Waals surface area contributed by atoms with Crippen LogP contribution in [0, 0.1) is 5.92 Å². The molecule has 7 nitrogen and oxygen atoms in total. The number of fused-ring (bicyclic) bond motifs is 1. The van der Waals surface area contributed by atoms with Gasteiger partial charge in [0.15, 0.2) is 11.5 Å². The van der Waals surface area contributed by atoms with Gasteiger partial charge < -0.3 is 19.7 Å². The number of ether oxygens (including phenoxy) is 1. The van der Waals surface area contributed by atoms with Gasteiger partial charge in [-0.05, 0) is 41.7 Å². The van der Waals surface area contributed by atoms with Crippen molar-refractivity contribution < 1.29 is 9.84 Å². The summed E-state index contributed by atoms with van der Waals surface area (Å²) in [5, 5.41) is 13.4. The van der Waals surface area contributed by atoms with E-state index in [-0.39, 0.29) is 18.6 Å². The van der Waals surface area contributed by atoms with E-state index in [1.165, 1.54) is 0 Å². The van der Waals surface area contributed by atoms with Gasteiger partial charge in [-0.15, -0.1) is 0 Å². The van der Waals surface area contributed by atoms with Crippen LogP contribution >= 0.6 is 0 Å². The summed E-state index contributed by atoms with van der Waals surface area (Å²) >= 11 is 0. The maximum atomic E-state index is 9.53. The molecule has 5 aromatic rings. The highest BCUT2D eigenvalue weighted by atomic mass is 16.5. The van der Waals surface area contributed by atoms with E-state index in [2.05, 4.69) is 87.7 Å². The number of rotatable bonds is 8. The highest BCUT2D eigenvalue weighted by Gasteiger charge is 2.37. The summed E-state index contributed by atoms with van der Waals surface area (Å²) in [6, 6.07) is 29.1. The van der Waals surface area contributed by atoms with E-state index in [9.17, 15) is 5.11 Å². The molecule has 0 radical (unpaired) electrons. The normalized spacial score (nSPS) is 17.3. The van der Waals surface area contributed by atoms with Crippen molar-refractivity contribution in [1.29, 1.82) is 0 Å². The summed E-state index contributed by atoms with van der Waals surface area (Å²) in [6.45, 7) is 0.177. The molecule has 1 aliphatic rings. The number of anilines is 1. The molecule has 0 aliphatic heterocycles. The molecule has 2 atom stereocenters. The number of nitrogens with one attached hydrogen (secondary N) is 1. The Kier molecular flexibility index (Phi) is 6.82. The fraction of sp³-hybridized carbons (Fsp3) is 0.219. The van der Waals surface area contributed by atoms with Gasteiger partial charge in [0.1, 0.15) is 23.1 Å². The van der Waals surface area contributed by atoms with Crippen molar-refractivity contribution in [3.8, 4) is 5.75 Å². The standard InChI is InChI=1S/C32H31N5O2/c1-39-28-18-14-26(15-19-28)32(24-8-4-2-5-9-24,25-10-6-3-7-11-25)36-30-29-31(34-21-33-30)37(22-35-29)27-16-12-23(20-38)13-17-27/h2-12,14-16,18-19,21-23,27,38H,13,17,20H2,1H3,(H,33,34,36). The lowest BCUT2D eigenvalue weighted by atomic mass is 9.77. The fourth-order valence-electron chi connectivity index (χ4n) is 5.54. The molecule has 0 spiro atoms. The molecule has 2 aromatic heterocycles. The minimum atomic E-state index is -0.765. The zero-order valence-corrected chi connectivity index (χ0v) is 21.8. The van der Waals surface area contributed by atoms with Crippen molar-refractivity contribution >= 4 is 17.0 Å². The Hall–Kier alpha value is -4.49. The summed E-state index contributed by atoms with van der Waals surface area (Å²) in [7, 11) is 1.67. The lowest BCUT2D eigenvalue weighted by Gasteiger charge is -2.37. The Morgan fingerprint density at radius 2 is 1.51 bits per heavy atom. The summed E-state index contributed by atoms with van der Waals surface area (Å²) < 4.78 is 7.57. The summed E-state index contributed by atoms with van der Waals surface area (Å²) in [6.07, 6.45) is 9.54. The van der Waals surface area contributed by atoms with Crippen molar-refractivity contribution in [2.45, 2.75) is 24.4 Å². The van der Waals surface area contributed by atoms with E-state index < -0.39 is 5.54 Å². The van der Waals surface area contributed by atoms with Gasteiger partial charge >= 0.3 is 0 Å². The van der Waals surface area contributed by atoms with Gasteiger partial charge in [-0.3, -0.25) is 0 Å². The molecule has 1 aliphatic carbocycles. The number of aromatic nitrogens is 4. The van der Waals surface area contributed by atoms with Crippen molar-refractivity contribution in [2.75, 3.05) is 19.0 Å². The second-order valence-corrected chi connectivity index (χ2v) is 9.85. The highest BCUT2D eigenvalue weighted by molar-refractivity contribution is 5.84. The topological polar surface area (TPSA) is 85.1 Å². The van der Waals surface area contributed by atoms with Crippen molar-refractivity contribution in [3.63, 3.8) is 0 Å². The first-order chi connectivity index (χ1) is 19.2. The summed E-state index contributed by atoms with van der Waals surface area (Å²) in [5.41, 5.74) is 3.89. The largest absolute Gasteiger partial charge is 0.497 e. The van der Waals surface area contributed by atoms with Gasteiger partial charge in [-0.2, -0.15) is 0 Å². The second kappa shape index (κ2) is 10.7. The van der Waals surface area contributed by atoms with Gasteiger partial charge in [0.2, 0.25) is 0 Å². The fourth-order valence-corrected chi connectivity index (χ4v) is 5.54. The molecule has 0 bridgehead atoms. The number of methoxy groups -OCH3 is 1. The van der Waals surface area contributed by atoms with Gasteiger partial charge in [0.05, 0.1) is 19.5 Å². The van der Waals surface area contributed by atoms with Crippen LogP contribution in [0.3, 0.4) is 0 Å². The molecule has 196 valence electrons. The molecule has 0 saturated carbocycles. The van der Waals surface area contributed by atoms with Crippen LogP contribution in [-0.2, 0) is 5.54 Å². The van der Waals surface area contributed by atoms with Gasteiger partial charge in [-0.1, -0.05) is 84.9 Å². The van der Waals surface area contributed by atoms with Crippen molar-refractivity contribution in [1.82, 2.24) is 19.5 Å². The van der Waals surface area contributed by atoms with Gasteiger partial charge in [0.25, 0.3) is 0 Å². The van der Waals surface area contributed by atoms with Crippen LogP contribution in [0.25, 0.3) is 11.2 Å². The minimum absolute atomic E-state index is 0.134. The maximum Gasteiger partial charge on any atom is 0.165 e. The van der Waals surface area contributed by atoms with Crippen LogP contribution in [0.2, 0.25) is 0 Å². The highest BCUT2D eigenvalue weighted by Crippen LogP contribution is 2.41. The molecule has 6 rings (SSSR count). The number of aliphatic hydroxyl groups is 1. The monoisotopic (exact) mass is 517 g/mol. The summed E-state index contributed by atoms with van der Waals surface area (Å²) in [4.78, 5) is 14.1. The third kappa shape index (κ3) is 4.55. The van der Waals surface area contributed by atoms with Crippen molar-refractivity contribution in [2.24, 2.45) is 5.92 Å². The minimum Gasteiger partial charge on any atom is -0.497 e. The molecule has 7 heteroatoms. The molecule has 0 amide bonds. The van der Waals surface area contributed by atoms with Crippen LogP contribution < -0.4 is 10.1 Å². The number of benzene rings is 3. The Bertz CT molecular complexity index is 1530. The Morgan fingerprint density at radius 3 is 2.10 bits per heavy atom. The van der Waals surface area contributed by atoms with Crippen LogP contribution in [-0.4, -0.2) is 38.3 Å². The molecule has 2 N–H and O–H groups in total. The molecule has 0 fully saturated rings. The van der Waals surface area contributed by atoms with Crippen LogP contribution in [0.5, 0.6) is 5.75 Å². The van der Waals surface area contributed by atoms with Crippen LogP contribution in [0.4, 0.5) is 5.82 Å². The quantitative estimate of drug-likeness (QED) is 0.202. The average Bonchev–Trinajstić information content (AvgIpc) is 3.46. The first kappa shape index (κ1) is 24.8. The molecule has 2 unspecified atom stereocenters. The predicted octanol–water partition coefficient (Wildman–Crippen LogP) is 5.74. The SMILES string of the molecule is COc1ccc(C(Nc2ncnc3c2ncn3C2C=CC(CO)CC2)(c2ccccc2)c2ccccc2)cc1. The van der Waals surface area contributed by atoms with Crippen LogP contribution in [0.1, 0.15) is 35.6 Å². The number of aliphatic hydroxyl groups excluding tert-OH is 1. The van der Waals surface area contributed by atoms with E-state index in [0.717, 1.165) is 40.9 Å². The van der Waals surface area contributed by atoms with Gasteiger partial charge in [0, 0.05) is 12.5 Å². The van der Waals surface area contributed by atoms with Gasteiger partial charge in [-0.25, -0.2) is 15.0 Å². The number of nitrogens with zero attached hydrogens (tertiary/aromatic N) is 4. The lowest BCUT2D eigenvalue weighted by Crippen LogP contribution is -2.38. The van der Waals surface area contributed by atoms with E-state index in [1.807, 2.05) is 30.6 Å². The zero-order valence-electron chi connectivity index (χ0n) is 21.8. The predicted molar refractivity (Wildman–Crippen MR) is 153 cm³/mol. The third-order valence-electron chi connectivity index (χ3n) is 7.63. The number of hydrogen-bond donors (Lipinski definition) is 2. The van der Waals surface area contributed by atoms with E-state index >= 15 is 0 Å². The molecular weight excluding hydrogens is 486 g/mol. The number of hydrogen-bond acceptors (Lipinski definition) is 6. The van der Waals surface area contributed by atoms with E-state index in [1.54, 1.807) is 13.4 Å². The number of imidazole rings is 1. The first-order valence-electron chi connectivity index (χ1n) is 13.2. The molecule has 0 saturated heterocycles. The third-order valence-corrected chi connectivity index (χ3v) is 7.63. The van der Waals surface area contributed by atoms with Crippen LogP contribution in [0.15, 0.2) is 110 Å². The van der Waals surface area contributed by atoms with E-state index in [0.29, 0.717) is 11.3 Å². The first-order valence-corrected chi connectivity index (χ1v) is 13.2. The smallest absolute Gasteiger partial charge is 0.165 e. The molecule has 2 heterocycles.